The lowest BCUT2D eigenvalue weighted by Gasteiger charge is -2.08. The van der Waals surface area contributed by atoms with Crippen LogP contribution in [0.1, 0.15) is 0 Å². The van der Waals surface area contributed by atoms with Gasteiger partial charge in [0.2, 0.25) is 0 Å². The van der Waals surface area contributed by atoms with E-state index in [1.165, 1.54) is 17.2 Å². The Balaban J connectivity index is 2.60. The molecule has 2 aromatic heterocycles. The van der Waals surface area contributed by atoms with Gasteiger partial charge >= 0.3 is 0 Å². The van der Waals surface area contributed by atoms with Crippen LogP contribution in [-0.4, -0.2) is 48.5 Å². The minimum absolute atomic E-state index is 0.0796. The number of nitrogen functional groups attached to an aromatic ring is 1. The number of pyridine rings is 1. The smallest absolute Gasteiger partial charge is 0.287 e. The van der Waals surface area contributed by atoms with Crippen LogP contribution in [-0.2, 0) is 10.0 Å². The van der Waals surface area contributed by atoms with Gasteiger partial charge in [-0.25, -0.2) is 14.1 Å². The Kier molecular flexibility index (Phi) is 3.89. The first-order valence-electron chi connectivity index (χ1n) is 5.72. The number of nitrogens with two attached hydrogens (primary N) is 1. The number of hydrogen-bond donors (Lipinski definition) is 1. The van der Waals surface area contributed by atoms with Gasteiger partial charge in [-0.2, -0.15) is 13.5 Å². The maximum Gasteiger partial charge on any atom is 0.287 e. The third-order valence-electron chi connectivity index (χ3n) is 2.32. The van der Waals surface area contributed by atoms with Crippen LogP contribution in [0.5, 0.6) is 0 Å². The maximum absolute atomic E-state index is 13.1. The lowest BCUT2D eigenvalue weighted by molar-refractivity contribution is 0.592. The van der Waals surface area contributed by atoms with Crippen molar-refractivity contribution in [3.63, 3.8) is 0 Å². The Hall–Kier alpha value is -2.49. The van der Waals surface area contributed by atoms with E-state index in [4.69, 9.17) is 5.73 Å². The van der Waals surface area contributed by atoms with Crippen molar-refractivity contribution in [2.45, 2.75) is 4.90 Å². The zero-order chi connectivity index (χ0) is 15.6. The third kappa shape index (κ3) is 3.34. The third-order valence-corrected chi connectivity index (χ3v) is 3.54. The average molecular weight is 312 g/mol. The topological polar surface area (TPSA) is 106 Å². The van der Waals surface area contributed by atoms with Crippen LogP contribution in [0.15, 0.2) is 34.0 Å². The van der Waals surface area contributed by atoms with Gasteiger partial charge in [0, 0.05) is 14.1 Å². The molecule has 0 fully saturated rings. The summed E-state index contributed by atoms with van der Waals surface area (Å²) in [5, 5.41) is 3.70. The van der Waals surface area contributed by atoms with Gasteiger partial charge in [-0.05, 0) is 6.07 Å². The van der Waals surface area contributed by atoms with E-state index in [0.717, 1.165) is 23.4 Å². The fourth-order valence-electron chi connectivity index (χ4n) is 1.44. The summed E-state index contributed by atoms with van der Waals surface area (Å²) in [6.07, 6.45) is 4.33. The quantitative estimate of drug-likeness (QED) is 0.641. The largest absolute Gasteiger partial charge is 0.397 e. The summed E-state index contributed by atoms with van der Waals surface area (Å²) in [6.45, 7) is 0. The number of anilines is 1. The molecule has 112 valence electrons. The van der Waals surface area contributed by atoms with E-state index in [0.29, 0.717) is 0 Å². The Morgan fingerprint density at radius 2 is 2.14 bits per heavy atom. The molecule has 0 spiro atoms. The zero-order valence-corrected chi connectivity index (χ0v) is 12.1. The Labute approximate surface area is 120 Å². The summed E-state index contributed by atoms with van der Waals surface area (Å²) in [5.74, 6) is -0.697. The van der Waals surface area contributed by atoms with Crippen molar-refractivity contribution in [1.82, 2.24) is 19.7 Å². The highest BCUT2D eigenvalue weighted by Crippen LogP contribution is 2.22. The minimum Gasteiger partial charge on any atom is -0.397 e. The predicted octanol–water partition coefficient (Wildman–Crippen LogP) is 0.267. The molecule has 0 aliphatic heterocycles. The SMILES string of the molecule is CN(C)C=NS(=O)(=O)c1cc(N)cnc1-n1cc(F)cn1. The van der Waals surface area contributed by atoms with Gasteiger partial charge in [0.15, 0.2) is 11.6 Å². The highest BCUT2D eigenvalue weighted by atomic mass is 32.2. The average Bonchev–Trinajstić information content (AvgIpc) is 2.83. The molecule has 21 heavy (non-hydrogen) atoms. The molecule has 0 aliphatic rings. The first-order chi connectivity index (χ1) is 9.79. The van der Waals surface area contributed by atoms with E-state index < -0.39 is 15.8 Å². The first-order valence-corrected chi connectivity index (χ1v) is 7.16. The maximum atomic E-state index is 13.1. The summed E-state index contributed by atoms with van der Waals surface area (Å²) in [7, 11) is -0.795. The molecule has 0 saturated heterocycles. The van der Waals surface area contributed by atoms with Crippen LogP contribution in [0.3, 0.4) is 0 Å². The van der Waals surface area contributed by atoms with Crippen LogP contribution in [0.25, 0.3) is 5.82 Å². The van der Waals surface area contributed by atoms with Crippen molar-refractivity contribution in [2.24, 2.45) is 4.40 Å². The molecular weight excluding hydrogens is 299 g/mol. The fraction of sp³-hybridized carbons (Fsp3) is 0.182. The van der Waals surface area contributed by atoms with Gasteiger partial charge in [-0.3, -0.25) is 0 Å². The molecule has 0 atom stereocenters. The highest BCUT2D eigenvalue weighted by molar-refractivity contribution is 7.90. The number of halogens is 1. The molecule has 2 rings (SSSR count). The van der Waals surface area contributed by atoms with Crippen molar-refractivity contribution in [3.05, 3.63) is 30.5 Å². The lowest BCUT2D eigenvalue weighted by atomic mass is 10.4. The van der Waals surface area contributed by atoms with Crippen molar-refractivity contribution in [1.29, 1.82) is 0 Å². The minimum atomic E-state index is -4.05. The number of hydrogen-bond acceptors (Lipinski definition) is 5. The molecule has 0 unspecified atom stereocenters. The van der Waals surface area contributed by atoms with E-state index in [-0.39, 0.29) is 16.4 Å². The molecule has 0 radical (unpaired) electrons. The van der Waals surface area contributed by atoms with Crippen LogP contribution < -0.4 is 5.73 Å². The van der Waals surface area contributed by atoms with Crippen molar-refractivity contribution in [3.8, 4) is 5.82 Å². The molecule has 8 nitrogen and oxygen atoms in total. The number of aromatic nitrogens is 3. The predicted molar refractivity (Wildman–Crippen MR) is 75.1 cm³/mol. The van der Waals surface area contributed by atoms with E-state index in [2.05, 4.69) is 14.5 Å². The second kappa shape index (κ2) is 5.48. The number of rotatable bonds is 4. The van der Waals surface area contributed by atoms with Gasteiger partial charge in [-0.1, -0.05) is 0 Å². The molecule has 0 saturated carbocycles. The van der Waals surface area contributed by atoms with Gasteiger partial charge in [0.25, 0.3) is 10.0 Å². The van der Waals surface area contributed by atoms with E-state index >= 15 is 0 Å². The molecule has 2 N–H and O–H groups in total. The van der Waals surface area contributed by atoms with Crippen LogP contribution in [0.4, 0.5) is 10.1 Å². The highest BCUT2D eigenvalue weighted by Gasteiger charge is 2.21. The molecule has 0 aliphatic carbocycles. The Bertz CT molecular complexity index is 784. The van der Waals surface area contributed by atoms with E-state index in [1.807, 2.05) is 0 Å². The van der Waals surface area contributed by atoms with E-state index in [9.17, 15) is 12.8 Å². The standard InChI is InChI=1S/C11H13FN6O2S/c1-17(2)7-16-21(19,20)10-3-9(13)5-14-11(10)18-6-8(12)4-15-18/h3-7H,13H2,1-2H3. The molecule has 2 heterocycles. The van der Waals surface area contributed by atoms with Crippen LogP contribution in [0, 0.1) is 5.82 Å². The summed E-state index contributed by atoms with van der Waals surface area (Å²) in [6, 6.07) is 1.20. The molecule has 0 amide bonds. The lowest BCUT2D eigenvalue weighted by Crippen LogP contribution is -2.12. The van der Waals surface area contributed by atoms with Crippen molar-refractivity contribution >= 4 is 22.0 Å². The monoisotopic (exact) mass is 312 g/mol. The summed E-state index contributed by atoms with van der Waals surface area (Å²) >= 11 is 0. The van der Waals surface area contributed by atoms with Gasteiger partial charge in [0.05, 0.1) is 24.3 Å². The molecule has 0 aromatic carbocycles. The number of nitrogens with zero attached hydrogens (tertiary/aromatic N) is 5. The van der Waals surface area contributed by atoms with Gasteiger partial charge < -0.3 is 10.6 Å². The normalized spacial score (nSPS) is 12.0. The summed E-state index contributed by atoms with van der Waals surface area (Å²) in [4.78, 5) is 5.10. The van der Waals surface area contributed by atoms with E-state index in [1.54, 1.807) is 14.1 Å². The van der Waals surface area contributed by atoms with Gasteiger partial charge in [-0.15, -0.1) is 4.40 Å². The zero-order valence-electron chi connectivity index (χ0n) is 11.3. The second-order valence-electron chi connectivity index (χ2n) is 4.35. The summed E-state index contributed by atoms with van der Waals surface area (Å²) in [5.41, 5.74) is 5.71. The number of sulfonamides is 1. The fourth-order valence-corrected chi connectivity index (χ4v) is 2.53. The Morgan fingerprint density at radius 1 is 1.43 bits per heavy atom. The Morgan fingerprint density at radius 3 is 2.71 bits per heavy atom. The van der Waals surface area contributed by atoms with Gasteiger partial charge in [0.1, 0.15) is 11.2 Å². The first kappa shape index (κ1) is 14.9. The molecule has 10 heteroatoms. The molecule has 0 bridgehead atoms. The van der Waals surface area contributed by atoms with Crippen LogP contribution >= 0.6 is 0 Å². The second-order valence-corrected chi connectivity index (χ2v) is 5.95. The molecule has 2 aromatic rings. The van der Waals surface area contributed by atoms with Crippen molar-refractivity contribution in [2.75, 3.05) is 19.8 Å². The van der Waals surface area contributed by atoms with Crippen molar-refractivity contribution < 1.29 is 12.8 Å². The van der Waals surface area contributed by atoms with Crippen LogP contribution in [0.2, 0.25) is 0 Å². The summed E-state index contributed by atoms with van der Waals surface area (Å²) < 4.78 is 42.0. The molecular formula is C11H13FN6O2S.